The fourth-order valence-corrected chi connectivity index (χ4v) is 2.70. The summed E-state index contributed by atoms with van der Waals surface area (Å²) in [4.78, 5) is 12.3. The van der Waals surface area contributed by atoms with Crippen LogP contribution in [0.25, 0.3) is 0 Å². The minimum atomic E-state index is -0.0704. The lowest BCUT2D eigenvalue weighted by Crippen LogP contribution is -2.49. The summed E-state index contributed by atoms with van der Waals surface area (Å²) in [5.41, 5.74) is 1.19. The number of nitrogens with one attached hydrogen (secondary N) is 2. The van der Waals surface area contributed by atoms with Gasteiger partial charge in [-0.15, -0.1) is 0 Å². The fourth-order valence-electron chi connectivity index (χ4n) is 2.70. The zero-order valence-corrected chi connectivity index (χ0v) is 12.8. The molecule has 20 heavy (non-hydrogen) atoms. The van der Waals surface area contributed by atoms with Crippen LogP contribution >= 0.6 is 0 Å². The topological polar surface area (TPSA) is 41.1 Å². The number of carbonyl (C=O) groups is 1. The van der Waals surface area contributed by atoms with E-state index in [9.17, 15) is 4.79 Å². The van der Waals surface area contributed by atoms with Crippen molar-refractivity contribution in [1.29, 1.82) is 0 Å². The molecule has 0 spiro atoms. The lowest BCUT2D eigenvalue weighted by atomic mass is 9.78. The van der Waals surface area contributed by atoms with E-state index >= 15 is 0 Å². The number of rotatable bonds is 4. The average molecular weight is 274 g/mol. The highest BCUT2D eigenvalue weighted by molar-refractivity contribution is 5.79. The second kappa shape index (κ2) is 6.40. The number of hydrogen-bond donors (Lipinski definition) is 2. The number of hydrogen-bond acceptors (Lipinski definition) is 2. The number of piperidine rings is 1. The molecule has 2 atom stereocenters. The standard InChI is InChI=1S/C17H26N2O/c1-13(17(2,3)15-9-5-4-6-10-15)19-16(20)14-8-7-11-18-12-14/h4-6,9-10,13-14,18H,7-8,11-12H2,1-3H3,(H,19,20). The van der Waals surface area contributed by atoms with Gasteiger partial charge in [0.2, 0.25) is 5.91 Å². The van der Waals surface area contributed by atoms with Gasteiger partial charge in [-0.1, -0.05) is 44.2 Å². The van der Waals surface area contributed by atoms with Gasteiger partial charge < -0.3 is 10.6 Å². The molecular formula is C17H26N2O. The highest BCUT2D eigenvalue weighted by atomic mass is 16.2. The zero-order valence-electron chi connectivity index (χ0n) is 12.8. The molecule has 1 aromatic rings. The molecule has 1 fully saturated rings. The maximum Gasteiger partial charge on any atom is 0.224 e. The zero-order chi connectivity index (χ0) is 14.6. The van der Waals surface area contributed by atoms with Gasteiger partial charge in [0, 0.05) is 18.0 Å². The molecule has 0 aliphatic carbocycles. The molecule has 1 aliphatic heterocycles. The molecule has 1 amide bonds. The third-order valence-corrected chi connectivity index (χ3v) is 4.63. The van der Waals surface area contributed by atoms with E-state index in [-0.39, 0.29) is 23.3 Å². The van der Waals surface area contributed by atoms with Crippen LogP contribution in [0.1, 0.15) is 39.2 Å². The van der Waals surface area contributed by atoms with Gasteiger partial charge in [0.05, 0.1) is 5.92 Å². The summed E-state index contributed by atoms with van der Waals surface area (Å²) in [5, 5.41) is 6.51. The molecule has 0 aromatic heterocycles. The molecule has 1 heterocycles. The predicted molar refractivity (Wildman–Crippen MR) is 82.7 cm³/mol. The van der Waals surface area contributed by atoms with Gasteiger partial charge in [0.25, 0.3) is 0 Å². The lowest BCUT2D eigenvalue weighted by Gasteiger charge is -2.34. The summed E-state index contributed by atoms with van der Waals surface area (Å²) in [7, 11) is 0. The SMILES string of the molecule is CC(NC(=O)C1CCCNC1)C(C)(C)c1ccccc1. The van der Waals surface area contributed by atoms with E-state index in [1.54, 1.807) is 0 Å². The van der Waals surface area contributed by atoms with Gasteiger partial charge in [0.15, 0.2) is 0 Å². The Morgan fingerprint density at radius 2 is 2.05 bits per heavy atom. The van der Waals surface area contributed by atoms with Crippen LogP contribution < -0.4 is 10.6 Å². The van der Waals surface area contributed by atoms with Crippen molar-refractivity contribution in [2.24, 2.45) is 5.92 Å². The maximum absolute atomic E-state index is 12.3. The van der Waals surface area contributed by atoms with Gasteiger partial charge in [-0.25, -0.2) is 0 Å². The minimum absolute atomic E-state index is 0.0704. The summed E-state index contributed by atoms with van der Waals surface area (Å²) in [6.07, 6.45) is 2.09. The summed E-state index contributed by atoms with van der Waals surface area (Å²) in [6.45, 7) is 8.32. The molecule has 1 aliphatic rings. The predicted octanol–water partition coefficient (Wildman–Crippen LogP) is 2.47. The van der Waals surface area contributed by atoms with E-state index in [1.165, 1.54) is 5.56 Å². The first-order valence-electron chi connectivity index (χ1n) is 7.58. The van der Waals surface area contributed by atoms with Crippen molar-refractivity contribution in [3.05, 3.63) is 35.9 Å². The van der Waals surface area contributed by atoms with Crippen LogP contribution in [-0.2, 0) is 10.2 Å². The Kier molecular flexibility index (Phi) is 4.81. The number of benzene rings is 1. The van der Waals surface area contributed by atoms with E-state index in [0.717, 1.165) is 25.9 Å². The molecule has 2 N–H and O–H groups in total. The van der Waals surface area contributed by atoms with E-state index < -0.39 is 0 Å². The first-order valence-corrected chi connectivity index (χ1v) is 7.58. The Labute approximate surface area is 122 Å². The number of amides is 1. The van der Waals surface area contributed by atoms with Crippen LogP contribution in [0, 0.1) is 5.92 Å². The molecule has 3 nitrogen and oxygen atoms in total. The largest absolute Gasteiger partial charge is 0.352 e. The van der Waals surface area contributed by atoms with Crippen molar-refractivity contribution < 1.29 is 4.79 Å². The molecule has 0 saturated carbocycles. The fraction of sp³-hybridized carbons (Fsp3) is 0.588. The van der Waals surface area contributed by atoms with E-state index in [4.69, 9.17) is 0 Å². The van der Waals surface area contributed by atoms with E-state index in [1.807, 2.05) is 6.07 Å². The Morgan fingerprint density at radius 3 is 2.65 bits per heavy atom. The minimum Gasteiger partial charge on any atom is -0.352 e. The molecule has 0 bridgehead atoms. The van der Waals surface area contributed by atoms with Crippen LogP contribution in [-0.4, -0.2) is 25.0 Å². The average Bonchev–Trinajstić information content (AvgIpc) is 2.49. The van der Waals surface area contributed by atoms with Gasteiger partial charge >= 0.3 is 0 Å². The molecule has 1 saturated heterocycles. The summed E-state index contributed by atoms with van der Waals surface area (Å²) in [6, 6.07) is 10.5. The maximum atomic E-state index is 12.3. The molecular weight excluding hydrogens is 248 g/mol. The number of carbonyl (C=O) groups excluding carboxylic acids is 1. The highest BCUT2D eigenvalue weighted by Crippen LogP contribution is 2.27. The Morgan fingerprint density at radius 1 is 1.35 bits per heavy atom. The first kappa shape index (κ1) is 15.0. The highest BCUT2D eigenvalue weighted by Gasteiger charge is 2.31. The van der Waals surface area contributed by atoms with Crippen LogP contribution in [0.5, 0.6) is 0 Å². The lowest BCUT2D eigenvalue weighted by molar-refractivity contribution is -0.126. The van der Waals surface area contributed by atoms with Crippen LogP contribution in [0.3, 0.4) is 0 Å². The van der Waals surface area contributed by atoms with Crippen LogP contribution in [0.4, 0.5) is 0 Å². The summed E-state index contributed by atoms with van der Waals surface area (Å²) >= 11 is 0. The van der Waals surface area contributed by atoms with Crippen LogP contribution in [0.15, 0.2) is 30.3 Å². The second-order valence-corrected chi connectivity index (χ2v) is 6.36. The molecule has 3 heteroatoms. The monoisotopic (exact) mass is 274 g/mol. The molecule has 2 unspecified atom stereocenters. The normalized spacial score (nSPS) is 21.2. The third kappa shape index (κ3) is 3.40. The summed E-state index contributed by atoms with van der Waals surface area (Å²) in [5.74, 6) is 0.312. The van der Waals surface area contributed by atoms with Crippen molar-refractivity contribution >= 4 is 5.91 Å². The van der Waals surface area contributed by atoms with Gasteiger partial charge in [0.1, 0.15) is 0 Å². The Bertz CT molecular complexity index is 436. The Hall–Kier alpha value is -1.35. The Balaban J connectivity index is 1.99. The van der Waals surface area contributed by atoms with Crippen molar-refractivity contribution in [2.75, 3.05) is 13.1 Å². The van der Waals surface area contributed by atoms with Crippen molar-refractivity contribution in [1.82, 2.24) is 10.6 Å². The first-order chi connectivity index (χ1) is 9.51. The van der Waals surface area contributed by atoms with Crippen LogP contribution in [0.2, 0.25) is 0 Å². The quantitative estimate of drug-likeness (QED) is 0.885. The smallest absolute Gasteiger partial charge is 0.224 e. The van der Waals surface area contributed by atoms with Crippen molar-refractivity contribution in [3.63, 3.8) is 0 Å². The molecule has 110 valence electrons. The molecule has 1 aromatic carbocycles. The molecule has 2 rings (SSSR count). The third-order valence-electron chi connectivity index (χ3n) is 4.63. The van der Waals surface area contributed by atoms with Crippen molar-refractivity contribution in [2.45, 2.75) is 45.1 Å². The second-order valence-electron chi connectivity index (χ2n) is 6.36. The van der Waals surface area contributed by atoms with Gasteiger partial charge in [-0.05, 0) is 31.9 Å². The summed E-state index contributed by atoms with van der Waals surface area (Å²) < 4.78 is 0. The van der Waals surface area contributed by atoms with E-state index in [0.29, 0.717) is 0 Å². The van der Waals surface area contributed by atoms with E-state index in [2.05, 4.69) is 55.7 Å². The molecule has 0 radical (unpaired) electrons. The van der Waals surface area contributed by atoms with Gasteiger partial charge in [-0.2, -0.15) is 0 Å². The van der Waals surface area contributed by atoms with Crippen molar-refractivity contribution in [3.8, 4) is 0 Å². The van der Waals surface area contributed by atoms with Gasteiger partial charge in [-0.3, -0.25) is 4.79 Å².